The Bertz CT molecular complexity index is 558. The van der Waals surface area contributed by atoms with Gasteiger partial charge >= 0.3 is 0 Å². The minimum atomic E-state index is -0.0477. The number of benzene rings is 1. The van der Waals surface area contributed by atoms with Crippen molar-refractivity contribution in [1.29, 1.82) is 0 Å². The molecule has 0 unspecified atom stereocenters. The third kappa shape index (κ3) is 2.82. The second kappa shape index (κ2) is 5.40. The van der Waals surface area contributed by atoms with E-state index in [-0.39, 0.29) is 5.91 Å². The molecule has 0 aliphatic heterocycles. The van der Waals surface area contributed by atoms with Gasteiger partial charge in [0.2, 0.25) is 0 Å². The van der Waals surface area contributed by atoms with Crippen molar-refractivity contribution < 1.29 is 4.79 Å². The minimum absolute atomic E-state index is 0.0477. The Labute approximate surface area is 115 Å². The first-order valence-corrected chi connectivity index (χ1v) is 6.52. The standard InChI is InChI=1S/C14H15BrN2O/c1-10-3-8-13(17(10)2)14(18)16-9-11-4-6-12(15)7-5-11/h3-8H,9H2,1-2H3,(H,16,18). The molecule has 18 heavy (non-hydrogen) atoms. The summed E-state index contributed by atoms with van der Waals surface area (Å²) in [6, 6.07) is 11.7. The smallest absolute Gasteiger partial charge is 0.268 e. The van der Waals surface area contributed by atoms with Gasteiger partial charge in [0, 0.05) is 23.8 Å². The van der Waals surface area contributed by atoms with E-state index in [1.807, 2.05) is 54.9 Å². The van der Waals surface area contributed by atoms with Crippen LogP contribution in [0, 0.1) is 6.92 Å². The maximum atomic E-state index is 12.0. The van der Waals surface area contributed by atoms with Crippen molar-refractivity contribution in [2.75, 3.05) is 0 Å². The summed E-state index contributed by atoms with van der Waals surface area (Å²) in [7, 11) is 1.89. The average molecular weight is 307 g/mol. The summed E-state index contributed by atoms with van der Waals surface area (Å²) in [6.07, 6.45) is 0. The lowest BCUT2D eigenvalue weighted by Crippen LogP contribution is -2.25. The highest BCUT2D eigenvalue weighted by Gasteiger charge is 2.09. The number of halogens is 1. The number of aryl methyl sites for hydroxylation is 1. The Balaban J connectivity index is 2.00. The summed E-state index contributed by atoms with van der Waals surface area (Å²) in [4.78, 5) is 12.0. The average Bonchev–Trinajstić information content (AvgIpc) is 2.69. The molecule has 94 valence electrons. The van der Waals surface area contributed by atoms with Gasteiger partial charge in [0.05, 0.1) is 0 Å². The van der Waals surface area contributed by atoms with Gasteiger partial charge in [0.15, 0.2) is 0 Å². The molecule has 0 spiro atoms. The summed E-state index contributed by atoms with van der Waals surface area (Å²) in [6.45, 7) is 2.52. The van der Waals surface area contributed by atoms with E-state index in [4.69, 9.17) is 0 Å². The number of hydrogen-bond donors (Lipinski definition) is 1. The molecule has 1 amide bonds. The molecule has 4 heteroatoms. The first-order valence-electron chi connectivity index (χ1n) is 5.73. The van der Waals surface area contributed by atoms with Crippen LogP contribution < -0.4 is 5.32 Å². The fourth-order valence-corrected chi connectivity index (χ4v) is 1.98. The normalized spacial score (nSPS) is 10.4. The third-order valence-corrected chi connectivity index (χ3v) is 3.50. The second-order valence-corrected chi connectivity index (χ2v) is 5.14. The first-order chi connectivity index (χ1) is 8.58. The van der Waals surface area contributed by atoms with E-state index in [0.717, 1.165) is 15.7 Å². The molecule has 0 atom stereocenters. The first kappa shape index (κ1) is 12.9. The summed E-state index contributed by atoms with van der Waals surface area (Å²) < 4.78 is 2.92. The predicted octanol–water partition coefficient (Wildman–Crippen LogP) is 3.03. The van der Waals surface area contributed by atoms with Crippen LogP contribution in [-0.4, -0.2) is 10.5 Å². The van der Waals surface area contributed by atoms with Gasteiger partial charge in [-0.15, -0.1) is 0 Å². The topological polar surface area (TPSA) is 34.0 Å². The summed E-state index contributed by atoms with van der Waals surface area (Å²) in [5.41, 5.74) is 2.84. The van der Waals surface area contributed by atoms with Crippen LogP contribution in [0.1, 0.15) is 21.7 Å². The summed E-state index contributed by atoms with van der Waals surface area (Å²) in [5, 5.41) is 2.91. The highest BCUT2D eigenvalue weighted by Crippen LogP contribution is 2.11. The molecule has 2 aromatic rings. The van der Waals surface area contributed by atoms with Crippen LogP contribution in [0.15, 0.2) is 40.9 Å². The lowest BCUT2D eigenvalue weighted by atomic mass is 10.2. The second-order valence-electron chi connectivity index (χ2n) is 4.23. The van der Waals surface area contributed by atoms with Gasteiger partial charge < -0.3 is 9.88 Å². The van der Waals surface area contributed by atoms with Gasteiger partial charge in [0.1, 0.15) is 5.69 Å². The van der Waals surface area contributed by atoms with E-state index in [1.54, 1.807) is 0 Å². The summed E-state index contributed by atoms with van der Waals surface area (Å²) >= 11 is 3.38. The van der Waals surface area contributed by atoms with E-state index < -0.39 is 0 Å². The van der Waals surface area contributed by atoms with Gasteiger partial charge in [-0.25, -0.2) is 0 Å². The van der Waals surface area contributed by atoms with Crippen LogP contribution in [0.5, 0.6) is 0 Å². The van der Waals surface area contributed by atoms with E-state index in [2.05, 4.69) is 21.2 Å². The Morgan fingerprint density at radius 1 is 1.22 bits per heavy atom. The van der Waals surface area contributed by atoms with Crippen LogP contribution >= 0.6 is 15.9 Å². The quantitative estimate of drug-likeness (QED) is 0.929. The summed E-state index contributed by atoms with van der Waals surface area (Å²) in [5.74, 6) is -0.0477. The Morgan fingerprint density at radius 3 is 2.44 bits per heavy atom. The zero-order valence-electron chi connectivity index (χ0n) is 10.4. The van der Waals surface area contributed by atoms with E-state index in [0.29, 0.717) is 12.2 Å². The molecule has 3 nitrogen and oxygen atoms in total. The number of nitrogens with zero attached hydrogens (tertiary/aromatic N) is 1. The van der Waals surface area contributed by atoms with Gasteiger partial charge in [-0.3, -0.25) is 4.79 Å². The highest BCUT2D eigenvalue weighted by atomic mass is 79.9. The van der Waals surface area contributed by atoms with Crippen molar-refractivity contribution in [3.05, 3.63) is 57.8 Å². The lowest BCUT2D eigenvalue weighted by Gasteiger charge is -2.07. The molecule has 0 fully saturated rings. The van der Waals surface area contributed by atoms with Gasteiger partial charge in [-0.2, -0.15) is 0 Å². The molecule has 0 aliphatic rings. The Morgan fingerprint density at radius 2 is 1.89 bits per heavy atom. The molecule has 0 bridgehead atoms. The highest BCUT2D eigenvalue weighted by molar-refractivity contribution is 9.10. The van der Waals surface area contributed by atoms with Crippen LogP contribution in [0.2, 0.25) is 0 Å². The van der Waals surface area contributed by atoms with Crippen molar-refractivity contribution in [3.8, 4) is 0 Å². The SMILES string of the molecule is Cc1ccc(C(=O)NCc2ccc(Br)cc2)n1C. The van der Waals surface area contributed by atoms with E-state index in [9.17, 15) is 4.79 Å². The van der Waals surface area contributed by atoms with Gasteiger partial charge in [-0.05, 0) is 36.8 Å². The van der Waals surface area contributed by atoms with Crippen molar-refractivity contribution >= 4 is 21.8 Å². The predicted molar refractivity (Wildman–Crippen MR) is 75.5 cm³/mol. The molecule has 1 aromatic carbocycles. The number of aromatic nitrogens is 1. The number of carbonyl (C=O) groups is 1. The number of hydrogen-bond acceptors (Lipinski definition) is 1. The Kier molecular flexibility index (Phi) is 3.87. The molecule has 1 heterocycles. The number of nitrogens with one attached hydrogen (secondary N) is 1. The zero-order chi connectivity index (χ0) is 13.1. The fraction of sp³-hybridized carbons (Fsp3) is 0.214. The van der Waals surface area contributed by atoms with Crippen molar-refractivity contribution in [2.24, 2.45) is 7.05 Å². The van der Waals surface area contributed by atoms with Gasteiger partial charge in [-0.1, -0.05) is 28.1 Å². The van der Waals surface area contributed by atoms with Crippen molar-refractivity contribution in [1.82, 2.24) is 9.88 Å². The molecule has 1 N–H and O–H groups in total. The maximum absolute atomic E-state index is 12.0. The third-order valence-electron chi connectivity index (χ3n) is 2.97. The number of amides is 1. The molecular weight excluding hydrogens is 292 g/mol. The maximum Gasteiger partial charge on any atom is 0.268 e. The largest absolute Gasteiger partial charge is 0.347 e. The molecule has 2 rings (SSSR count). The molecular formula is C14H15BrN2O. The van der Waals surface area contributed by atoms with Gasteiger partial charge in [0.25, 0.3) is 5.91 Å². The molecule has 0 radical (unpaired) electrons. The van der Waals surface area contributed by atoms with Crippen molar-refractivity contribution in [2.45, 2.75) is 13.5 Å². The zero-order valence-corrected chi connectivity index (χ0v) is 12.0. The molecule has 1 aromatic heterocycles. The van der Waals surface area contributed by atoms with Crippen molar-refractivity contribution in [3.63, 3.8) is 0 Å². The molecule has 0 saturated heterocycles. The Hall–Kier alpha value is -1.55. The molecule has 0 aliphatic carbocycles. The van der Waals surface area contributed by atoms with Crippen LogP contribution in [-0.2, 0) is 13.6 Å². The minimum Gasteiger partial charge on any atom is -0.347 e. The lowest BCUT2D eigenvalue weighted by molar-refractivity contribution is 0.0942. The van der Waals surface area contributed by atoms with Crippen LogP contribution in [0.25, 0.3) is 0 Å². The van der Waals surface area contributed by atoms with Crippen LogP contribution in [0.3, 0.4) is 0 Å². The monoisotopic (exact) mass is 306 g/mol. The number of rotatable bonds is 3. The van der Waals surface area contributed by atoms with Crippen LogP contribution in [0.4, 0.5) is 0 Å². The van der Waals surface area contributed by atoms with E-state index in [1.165, 1.54) is 0 Å². The number of carbonyl (C=O) groups excluding carboxylic acids is 1. The fourth-order valence-electron chi connectivity index (χ4n) is 1.72. The molecule has 0 saturated carbocycles. The van der Waals surface area contributed by atoms with E-state index >= 15 is 0 Å².